The van der Waals surface area contributed by atoms with E-state index in [2.05, 4.69) is 5.32 Å². The van der Waals surface area contributed by atoms with Gasteiger partial charge in [-0.3, -0.25) is 4.79 Å². The number of hydrogen-bond acceptors (Lipinski definition) is 4. The Labute approximate surface area is 163 Å². The Bertz CT molecular complexity index is 869. The molecule has 0 aliphatic heterocycles. The molecule has 0 saturated heterocycles. The lowest BCUT2D eigenvalue weighted by Crippen LogP contribution is -2.33. The van der Waals surface area contributed by atoms with Gasteiger partial charge in [0.05, 0.1) is 18.7 Å². The molecule has 142 valence electrons. The fraction of sp³-hybridized carbons (Fsp3) is 0.130. The van der Waals surface area contributed by atoms with Crippen LogP contribution in [0.3, 0.4) is 0 Å². The molecule has 0 aliphatic rings. The first-order valence-electron chi connectivity index (χ1n) is 8.88. The lowest BCUT2D eigenvalue weighted by atomic mass is 9.99. The van der Waals surface area contributed by atoms with E-state index in [0.29, 0.717) is 11.3 Å². The van der Waals surface area contributed by atoms with Gasteiger partial charge in [-0.25, -0.2) is 4.79 Å². The number of hydrogen-bond donors (Lipinski definition) is 1. The van der Waals surface area contributed by atoms with Crippen molar-refractivity contribution < 1.29 is 19.1 Å². The SMILES string of the molecule is COc1ccc(C(=O)OCC(=O)NC(c2ccccc2)c2ccccc2)cc1. The maximum atomic E-state index is 12.4. The highest BCUT2D eigenvalue weighted by Crippen LogP contribution is 2.21. The molecular formula is C23H21NO4. The summed E-state index contributed by atoms with van der Waals surface area (Å²) in [5.41, 5.74) is 2.25. The Morgan fingerprint density at radius 1 is 0.821 bits per heavy atom. The molecule has 28 heavy (non-hydrogen) atoms. The molecule has 3 aromatic rings. The van der Waals surface area contributed by atoms with E-state index in [9.17, 15) is 9.59 Å². The number of carbonyl (C=O) groups is 2. The number of esters is 1. The summed E-state index contributed by atoms with van der Waals surface area (Å²) in [6, 6.07) is 25.5. The molecule has 0 aliphatic carbocycles. The summed E-state index contributed by atoms with van der Waals surface area (Å²) in [7, 11) is 1.55. The zero-order chi connectivity index (χ0) is 19.8. The predicted molar refractivity (Wildman–Crippen MR) is 106 cm³/mol. The second kappa shape index (κ2) is 9.37. The van der Waals surface area contributed by atoms with Crippen LogP contribution in [0.2, 0.25) is 0 Å². The topological polar surface area (TPSA) is 64.6 Å². The van der Waals surface area contributed by atoms with Crippen molar-refractivity contribution in [2.45, 2.75) is 6.04 Å². The fourth-order valence-corrected chi connectivity index (χ4v) is 2.79. The van der Waals surface area contributed by atoms with Crippen molar-refractivity contribution >= 4 is 11.9 Å². The Balaban J connectivity index is 1.64. The molecule has 5 nitrogen and oxygen atoms in total. The summed E-state index contributed by atoms with van der Waals surface area (Å²) < 4.78 is 10.2. The number of rotatable bonds is 7. The van der Waals surface area contributed by atoms with E-state index in [-0.39, 0.29) is 18.6 Å². The van der Waals surface area contributed by atoms with Gasteiger partial charge in [-0.05, 0) is 35.4 Å². The van der Waals surface area contributed by atoms with E-state index >= 15 is 0 Å². The summed E-state index contributed by atoms with van der Waals surface area (Å²) in [5, 5.41) is 2.94. The summed E-state index contributed by atoms with van der Waals surface area (Å²) in [4.78, 5) is 24.6. The van der Waals surface area contributed by atoms with Crippen LogP contribution in [-0.4, -0.2) is 25.6 Å². The van der Waals surface area contributed by atoms with E-state index in [0.717, 1.165) is 11.1 Å². The highest BCUT2D eigenvalue weighted by Gasteiger charge is 2.18. The Kier molecular flexibility index (Phi) is 6.41. The molecule has 3 aromatic carbocycles. The number of methoxy groups -OCH3 is 1. The average molecular weight is 375 g/mol. The molecule has 1 amide bonds. The van der Waals surface area contributed by atoms with Crippen molar-refractivity contribution in [3.8, 4) is 5.75 Å². The van der Waals surface area contributed by atoms with Crippen LogP contribution in [0.25, 0.3) is 0 Å². The average Bonchev–Trinajstić information content (AvgIpc) is 2.77. The summed E-state index contributed by atoms with van der Waals surface area (Å²) in [5.74, 6) is -0.295. The smallest absolute Gasteiger partial charge is 0.338 e. The van der Waals surface area contributed by atoms with Gasteiger partial charge >= 0.3 is 5.97 Å². The van der Waals surface area contributed by atoms with Gasteiger partial charge in [0.1, 0.15) is 5.75 Å². The summed E-state index contributed by atoms with van der Waals surface area (Å²) >= 11 is 0. The monoisotopic (exact) mass is 375 g/mol. The lowest BCUT2D eigenvalue weighted by Gasteiger charge is -2.20. The van der Waals surface area contributed by atoms with Crippen molar-refractivity contribution in [3.05, 3.63) is 102 Å². The fourth-order valence-electron chi connectivity index (χ4n) is 2.79. The second-order valence-corrected chi connectivity index (χ2v) is 6.13. The molecule has 0 heterocycles. The Morgan fingerprint density at radius 2 is 1.36 bits per heavy atom. The zero-order valence-corrected chi connectivity index (χ0v) is 15.5. The number of carbonyl (C=O) groups excluding carboxylic acids is 2. The van der Waals surface area contributed by atoms with Gasteiger partial charge in [-0.15, -0.1) is 0 Å². The minimum Gasteiger partial charge on any atom is -0.497 e. The van der Waals surface area contributed by atoms with Crippen molar-refractivity contribution in [3.63, 3.8) is 0 Å². The van der Waals surface area contributed by atoms with Crippen molar-refractivity contribution in [2.75, 3.05) is 13.7 Å². The van der Waals surface area contributed by atoms with Crippen molar-refractivity contribution in [1.82, 2.24) is 5.32 Å². The molecule has 0 bridgehead atoms. The van der Waals surface area contributed by atoms with Gasteiger partial charge in [0.25, 0.3) is 5.91 Å². The summed E-state index contributed by atoms with van der Waals surface area (Å²) in [6.45, 7) is -0.360. The maximum Gasteiger partial charge on any atom is 0.338 e. The van der Waals surface area contributed by atoms with Crippen LogP contribution < -0.4 is 10.1 Å². The molecule has 0 aromatic heterocycles. The quantitative estimate of drug-likeness (QED) is 0.639. The van der Waals surface area contributed by atoms with Gasteiger partial charge in [-0.1, -0.05) is 60.7 Å². The van der Waals surface area contributed by atoms with Crippen LogP contribution in [0.1, 0.15) is 27.5 Å². The van der Waals surface area contributed by atoms with E-state index < -0.39 is 5.97 Å². The van der Waals surface area contributed by atoms with Gasteiger partial charge in [-0.2, -0.15) is 0 Å². The van der Waals surface area contributed by atoms with Crippen LogP contribution in [0.15, 0.2) is 84.9 Å². The standard InChI is InChI=1S/C23H21NO4/c1-27-20-14-12-19(13-15-20)23(26)28-16-21(25)24-22(17-8-4-2-5-9-17)18-10-6-3-7-11-18/h2-15,22H,16H2,1H3,(H,24,25). The molecule has 0 spiro atoms. The van der Waals surface area contributed by atoms with Crippen LogP contribution in [-0.2, 0) is 9.53 Å². The lowest BCUT2D eigenvalue weighted by molar-refractivity contribution is -0.124. The normalized spacial score (nSPS) is 10.4. The van der Waals surface area contributed by atoms with Crippen LogP contribution in [0.4, 0.5) is 0 Å². The van der Waals surface area contributed by atoms with Crippen LogP contribution in [0, 0.1) is 0 Å². The molecule has 0 fully saturated rings. The first kappa shape index (κ1) is 19.2. The number of ether oxygens (including phenoxy) is 2. The predicted octanol–water partition coefficient (Wildman–Crippen LogP) is 3.76. The van der Waals surface area contributed by atoms with E-state index in [4.69, 9.17) is 9.47 Å². The van der Waals surface area contributed by atoms with E-state index in [1.807, 2.05) is 60.7 Å². The van der Waals surface area contributed by atoms with E-state index in [1.54, 1.807) is 31.4 Å². The zero-order valence-electron chi connectivity index (χ0n) is 15.5. The molecule has 0 unspecified atom stereocenters. The minimum atomic E-state index is -0.561. The third kappa shape index (κ3) is 4.98. The molecule has 1 N–H and O–H groups in total. The minimum absolute atomic E-state index is 0.324. The van der Waals surface area contributed by atoms with Gasteiger partial charge < -0.3 is 14.8 Å². The van der Waals surface area contributed by atoms with Gasteiger partial charge in [0.2, 0.25) is 0 Å². The molecular weight excluding hydrogens is 354 g/mol. The van der Waals surface area contributed by atoms with Crippen LogP contribution >= 0.6 is 0 Å². The second-order valence-electron chi connectivity index (χ2n) is 6.13. The molecule has 3 rings (SSSR count). The third-order valence-electron chi connectivity index (χ3n) is 4.23. The molecule has 5 heteroatoms. The first-order valence-corrected chi connectivity index (χ1v) is 8.88. The summed E-state index contributed by atoms with van der Waals surface area (Å²) in [6.07, 6.45) is 0. The number of amides is 1. The number of nitrogens with one attached hydrogen (secondary N) is 1. The number of benzene rings is 3. The Hall–Kier alpha value is -3.60. The van der Waals surface area contributed by atoms with E-state index in [1.165, 1.54) is 0 Å². The largest absolute Gasteiger partial charge is 0.497 e. The molecule has 0 radical (unpaired) electrons. The molecule has 0 atom stereocenters. The maximum absolute atomic E-state index is 12.4. The Morgan fingerprint density at radius 3 is 1.86 bits per heavy atom. The van der Waals surface area contributed by atoms with Gasteiger partial charge in [0.15, 0.2) is 6.61 Å². The third-order valence-corrected chi connectivity index (χ3v) is 4.23. The highest BCUT2D eigenvalue weighted by molar-refractivity contribution is 5.91. The van der Waals surface area contributed by atoms with Crippen LogP contribution in [0.5, 0.6) is 5.75 Å². The highest BCUT2D eigenvalue weighted by atomic mass is 16.5. The van der Waals surface area contributed by atoms with Crippen molar-refractivity contribution in [2.24, 2.45) is 0 Å². The van der Waals surface area contributed by atoms with Gasteiger partial charge in [0, 0.05) is 0 Å². The first-order chi connectivity index (χ1) is 13.7. The molecule has 0 saturated carbocycles. The van der Waals surface area contributed by atoms with Crippen molar-refractivity contribution in [1.29, 1.82) is 0 Å².